The van der Waals surface area contributed by atoms with E-state index in [0.29, 0.717) is 49.3 Å². The zero-order valence-corrected chi connectivity index (χ0v) is 20.4. The Balaban J connectivity index is 1.35. The highest BCUT2D eigenvalue weighted by Crippen LogP contribution is 2.26. The number of hydrogen-bond donors (Lipinski definition) is 2. The van der Waals surface area contributed by atoms with E-state index in [4.69, 9.17) is 0 Å². The molecule has 2 aliphatic rings. The molecule has 2 fully saturated rings. The first-order valence-electron chi connectivity index (χ1n) is 11.5. The Bertz CT molecular complexity index is 1090. The molecule has 0 aromatic carbocycles. The molecule has 2 saturated heterocycles. The third-order valence-corrected chi connectivity index (χ3v) is 7.76. The van der Waals surface area contributed by atoms with Gasteiger partial charge in [-0.3, -0.25) is 9.89 Å². The van der Waals surface area contributed by atoms with Crippen molar-refractivity contribution < 1.29 is 13.2 Å². The first-order valence-corrected chi connectivity index (χ1v) is 13.4. The van der Waals surface area contributed by atoms with Gasteiger partial charge in [-0.15, -0.1) is 0 Å². The molecule has 2 aromatic heterocycles. The van der Waals surface area contributed by atoms with Crippen LogP contribution in [0.5, 0.6) is 0 Å². The second-order valence-corrected chi connectivity index (χ2v) is 11.3. The molecule has 11 heteroatoms. The van der Waals surface area contributed by atoms with Gasteiger partial charge in [-0.25, -0.2) is 22.7 Å². The normalized spacial score (nSPS) is 20.7. The number of amides is 1. The van der Waals surface area contributed by atoms with Crippen molar-refractivity contribution in [2.24, 2.45) is 11.8 Å². The van der Waals surface area contributed by atoms with Gasteiger partial charge in [0.25, 0.3) is 0 Å². The third-order valence-electron chi connectivity index (χ3n) is 6.45. The number of aromatic amines is 1. The molecule has 0 spiro atoms. The number of piperidine rings is 2. The predicted octanol–water partition coefficient (Wildman–Crippen LogP) is 2.01. The molecule has 2 aliphatic heterocycles. The first-order chi connectivity index (χ1) is 15.7. The Morgan fingerprint density at radius 2 is 1.88 bits per heavy atom. The number of anilines is 2. The van der Waals surface area contributed by atoms with Crippen LogP contribution in [0.2, 0.25) is 0 Å². The van der Waals surface area contributed by atoms with Gasteiger partial charge in [0.15, 0.2) is 5.82 Å². The van der Waals surface area contributed by atoms with Gasteiger partial charge < -0.3 is 10.2 Å². The number of nitrogens with one attached hydrogen (secondary N) is 2. The van der Waals surface area contributed by atoms with Gasteiger partial charge in [-0.05, 0) is 51.9 Å². The lowest BCUT2D eigenvalue weighted by molar-refractivity contribution is -0.138. The summed E-state index contributed by atoms with van der Waals surface area (Å²) in [6, 6.07) is 3.88. The number of likely N-dealkylation sites (tertiary alicyclic amines) is 1. The highest BCUT2D eigenvalue weighted by atomic mass is 32.2. The maximum atomic E-state index is 13.1. The van der Waals surface area contributed by atoms with Gasteiger partial charge in [0.1, 0.15) is 11.6 Å². The fraction of sp³-hybridized carbons (Fsp3) is 0.636. The van der Waals surface area contributed by atoms with Crippen molar-refractivity contribution in [2.75, 3.05) is 37.8 Å². The summed E-state index contributed by atoms with van der Waals surface area (Å²) < 4.78 is 25.0. The molecule has 1 atom stereocenters. The van der Waals surface area contributed by atoms with Crippen molar-refractivity contribution in [1.29, 1.82) is 0 Å². The standard InChI is InChI=1S/C22H33N7O3S/c1-15-11-21(27-26-15)25-20-13-19(23-16(2)24-20)12-17-5-4-8-28(14-17)22(30)18-6-9-29(10-7-18)33(3,31)32/h11,13,17-18H,4-10,12,14H2,1-3H3,(H2,23,24,25,26,27)/t17-/m0/s1. The predicted molar refractivity (Wildman–Crippen MR) is 126 cm³/mol. The van der Waals surface area contributed by atoms with Crippen LogP contribution in [0.3, 0.4) is 0 Å². The quantitative estimate of drug-likeness (QED) is 0.655. The van der Waals surface area contributed by atoms with E-state index in [0.717, 1.165) is 43.7 Å². The molecule has 0 bridgehead atoms. The van der Waals surface area contributed by atoms with Gasteiger partial charge in [0.05, 0.1) is 6.26 Å². The number of H-pyrrole nitrogens is 1. The summed E-state index contributed by atoms with van der Waals surface area (Å²) in [4.78, 5) is 24.2. The summed E-state index contributed by atoms with van der Waals surface area (Å²) in [5.41, 5.74) is 1.93. The number of aromatic nitrogens is 4. The van der Waals surface area contributed by atoms with E-state index < -0.39 is 10.0 Å². The molecular weight excluding hydrogens is 442 g/mol. The number of carbonyl (C=O) groups excluding carboxylic acids is 1. The zero-order valence-electron chi connectivity index (χ0n) is 19.5. The van der Waals surface area contributed by atoms with Gasteiger partial charge in [-0.1, -0.05) is 0 Å². The average molecular weight is 476 g/mol. The Hall–Kier alpha value is -2.53. The lowest BCUT2D eigenvalue weighted by atomic mass is 9.90. The van der Waals surface area contributed by atoms with Crippen LogP contribution >= 0.6 is 0 Å². The van der Waals surface area contributed by atoms with Crippen molar-refractivity contribution in [3.05, 3.63) is 29.3 Å². The van der Waals surface area contributed by atoms with E-state index in [1.807, 2.05) is 30.9 Å². The smallest absolute Gasteiger partial charge is 0.225 e. The highest BCUT2D eigenvalue weighted by molar-refractivity contribution is 7.88. The van der Waals surface area contributed by atoms with Gasteiger partial charge in [0.2, 0.25) is 15.9 Å². The molecule has 0 unspecified atom stereocenters. The van der Waals surface area contributed by atoms with Crippen molar-refractivity contribution in [1.82, 2.24) is 29.4 Å². The molecule has 2 N–H and O–H groups in total. The van der Waals surface area contributed by atoms with Crippen molar-refractivity contribution in [3.63, 3.8) is 0 Å². The minimum Gasteiger partial charge on any atom is -0.342 e. The summed E-state index contributed by atoms with van der Waals surface area (Å²) >= 11 is 0. The Kier molecular flexibility index (Phi) is 6.99. The molecule has 4 rings (SSSR count). The van der Waals surface area contributed by atoms with Crippen LogP contribution in [0.4, 0.5) is 11.6 Å². The molecule has 0 saturated carbocycles. The van der Waals surface area contributed by atoms with Crippen LogP contribution in [-0.2, 0) is 21.2 Å². The van der Waals surface area contributed by atoms with Gasteiger partial charge >= 0.3 is 0 Å². The first kappa shape index (κ1) is 23.6. The fourth-order valence-electron chi connectivity index (χ4n) is 4.83. The second-order valence-electron chi connectivity index (χ2n) is 9.29. The van der Waals surface area contributed by atoms with Crippen LogP contribution in [0.25, 0.3) is 0 Å². The molecular formula is C22H33N7O3S. The van der Waals surface area contributed by atoms with E-state index in [2.05, 4.69) is 25.5 Å². The van der Waals surface area contributed by atoms with Crippen LogP contribution in [-0.4, -0.2) is 76.1 Å². The van der Waals surface area contributed by atoms with Crippen molar-refractivity contribution in [2.45, 2.75) is 46.0 Å². The molecule has 2 aromatic rings. The monoisotopic (exact) mass is 475 g/mol. The molecule has 0 aliphatic carbocycles. The molecule has 1 amide bonds. The van der Waals surface area contributed by atoms with E-state index in [1.54, 1.807) is 0 Å². The summed E-state index contributed by atoms with van der Waals surface area (Å²) in [6.45, 7) is 6.17. The van der Waals surface area contributed by atoms with Crippen molar-refractivity contribution >= 4 is 27.6 Å². The molecule has 0 radical (unpaired) electrons. The second kappa shape index (κ2) is 9.76. The maximum Gasteiger partial charge on any atom is 0.225 e. The van der Waals surface area contributed by atoms with E-state index >= 15 is 0 Å². The number of rotatable bonds is 6. The minimum atomic E-state index is -3.18. The number of carbonyl (C=O) groups is 1. The van der Waals surface area contributed by atoms with Gasteiger partial charge in [-0.2, -0.15) is 5.10 Å². The lowest BCUT2D eigenvalue weighted by Gasteiger charge is -2.37. The largest absolute Gasteiger partial charge is 0.342 e. The SMILES string of the molecule is Cc1nc(C[C@@H]2CCCN(C(=O)C3CCN(S(C)(=O)=O)CC3)C2)cc(Nc2cc(C)[nH]n2)n1. The lowest BCUT2D eigenvalue weighted by Crippen LogP contribution is -2.47. The number of hydrogen-bond acceptors (Lipinski definition) is 7. The Morgan fingerprint density at radius 1 is 1.12 bits per heavy atom. The summed E-state index contributed by atoms with van der Waals surface area (Å²) in [5, 5.41) is 10.3. The maximum absolute atomic E-state index is 13.1. The van der Waals surface area contributed by atoms with Crippen LogP contribution < -0.4 is 5.32 Å². The number of nitrogens with zero attached hydrogens (tertiary/aromatic N) is 5. The summed E-state index contributed by atoms with van der Waals surface area (Å²) in [6.07, 6.45) is 5.24. The molecule has 10 nitrogen and oxygen atoms in total. The fourth-order valence-corrected chi connectivity index (χ4v) is 5.71. The van der Waals surface area contributed by atoms with Crippen molar-refractivity contribution in [3.8, 4) is 0 Å². The van der Waals surface area contributed by atoms with Gasteiger partial charge in [0, 0.05) is 55.6 Å². The van der Waals surface area contributed by atoms with E-state index in [-0.39, 0.29) is 11.8 Å². The molecule has 33 heavy (non-hydrogen) atoms. The topological polar surface area (TPSA) is 124 Å². The Morgan fingerprint density at radius 3 is 2.55 bits per heavy atom. The molecule has 4 heterocycles. The number of sulfonamides is 1. The average Bonchev–Trinajstić information content (AvgIpc) is 3.17. The minimum absolute atomic E-state index is 0.0869. The van der Waals surface area contributed by atoms with Crippen LogP contribution in [0.1, 0.15) is 42.9 Å². The Labute approximate surface area is 195 Å². The highest BCUT2D eigenvalue weighted by Gasteiger charge is 2.33. The van der Waals surface area contributed by atoms with E-state index in [1.165, 1.54) is 10.6 Å². The molecule has 180 valence electrons. The number of aryl methyl sites for hydroxylation is 2. The third kappa shape index (κ3) is 6.08. The van der Waals surface area contributed by atoms with E-state index in [9.17, 15) is 13.2 Å². The van der Waals surface area contributed by atoms with Crippen LogP contribution in [0.15, 0.2) is 12.1 Å². The van der Waals surface area contributed by atoms with Crippen LogP contribution in [0, 0.1) is 25.7 Å². The summed E-state index contributed by atoms with van der Waals surface area (Å²) in [7, 11) is -3.18. The zero-order chi connectivity index (χ0) is 23.6. The summed E-state index contributed by atoms with van der Waals surface area (Å²) in [5.74, 6) is 2.55.